The number of nitrogens with zero attached hydrogens (tertiary/aromatic N) is 1. The minimum Gasteiger partial charge on any atom is -0.309 e. The summed E-state index contributed by atoms with van der Waals surface area (Å²) in [5.74, 6) is 0. The van der Waals surface area contributed by atoms with Gasteiger partial charge in [-0.05, 0) is 93.1 Å². The molecule has 35 heavy (non-hydrogen) atoms. The molecule has 2 heterocycles. The normalized spacial score (nSPS) is 13.5. The van der Waals surface area contributed by atoms with Crippen LogP contribution in [-0.2, 0) is 12.8 Å². The zero-order valence-corrected chi connectivity index (χ0v) is 19.2. The van der Waals surface area contributed by atoms with Crippen molar-refractivity contribution in [3.63, 3.8) is 0 Å². The van der Waals surface area contributed by atoms with Crippen molar-refractivity contribution in [3.8, 4) is 22.3 Å². The Labute approximate surface area is 202 Å². The highest BCUT2D eigenvalue weighted by atomic mass is 14.9. The fourth-order valence-corrected chi connectivity index (χ4v) is 6.90. The van der Waals surface area contributed by atoms with Gasteiger partial charge in [0.1, 0.15) is 0 Å². The third-order valence-electron chi connectivity index (χ3n) is 8.43. The van der Waals surface area contributed by atoms with Crippen LogP contribution in [0.25, 0.3) is 60.3 Å². The van der Waals surface area contributed by atoms with Crippen LogP contribution in [0.5, 0.6) is 0 Å². The monoisotopic (exact) mass is 443 g/mol. The molecule has 9 rings (SSSR count). The lowest BCUT2D eigenvalue weighted by atomic mass is 9.95. The molecule has 1 nitrogen and oxygen atoms in total. The minimum absolute atomic E-state index is 1.02. The van der Waals surface area contributed by atoms with E-state index in [2.05, 4.69) is 108 Å². The number of para-hydroxylation sites is 2. The molecule has 0 N–H and O–H groups in total. The van der Waals surface area contributed by atoms with Gasteiger partial charge < -0.3 is 4.40 Å². The Morgan fingerprint density at radius 2 is 1.14 bits per heavy atom. The van der Waals surface area contributed by atoms with Crippen LogP contribution in [-0.4, -0.2) is 4.40 Å². The lowest BCUT2D eigenvalue weighted by Crippen LogP contribution is -1.92. The summed E-state index contributed by atoms with van der Waals surface area (Å²) in [6.45, 7) is 0. The molecule has 1 heteroatoms. The van der Waals surface area contributed by atoms with Gasteiger partial charge >= 0.3 is 0 Å². The number of hydrogen-bond acceptors (Lipinski definition) is 0. The van der Waals surface area contributed by atoms with Crippen molar-refractivity contribution in [2.45, 2.75) is 12.8 Å². The highest BCUT2D eigenvalue weighted by molar-refractivity contribution is 6.17. The molecule has 0 fully saturated rings. The lowest BCUT2D eigenvalue weighted by molar-refractivity contribution is 1.16. The van der Waals surface area contributed by atoms with Crippen molar-refractivity contribution < 1.29 is 0 Å². The van der Waals surface area contributed by atoms with E-state index in [4.69, 9.17) is 0 Å². The Balaban J connectivity index is 1.38. The Hall–Kier alpha value is -4.36. The third kappa shape index (κ3) is 2.19. The molecular formula is C34H21N. The van der Waals surface area contributed by atoms with Crippen LogP contribution in [0.2, 0.25) is 0 Å². The first-order valence-corrected chi connectivity index (χ1v) is 12.5. The van der Waals surface area contributed by atoms with E-state index in [-0.39, 0.29) is 0 Å². The van der Waals surface area contributed by atoms with Crippen LogP contribution in [0.1, 0.15) is 22.3 Å². The van der Waals surface area contributed by atoms with Gasteiger partial charge in [-0.15, -0.1) is 0 Å². The number of hydrogen-bond donors (Lipinski definition) is 0. The molecule has 162 valence electrons. The van der Waals surface area contributed by atoms with Gasteiger partial charge in [0, 0.05) is 16.2 Å². The first-order chi connectivity index (χ1) is 17.3. The van der Waals surface area contributed by atoms with E-state index < -0.39 is 0 Å². The van der Waals surface area contributed by atoms with E-state index in [1.807, 2.05) is 0 Å². The van der Waals surface area contributed by atoms with Crippen molar-refractivity contribution in [1.29, 1.82) is 0 Å². The van der Waals surface area contributed by atoms with Gasteiger partial charge in [0.05, 0.1) is 16.6 Å². The molecule has 0 spiro atoms. The van der Waals surface area contributed by atoms with E-state index in [1.54, 1.807) is 0 Å². The van der Waals surface area contributed by atoms with Crippen LogP contribution in [0.4, 0.5) is 0 Å². The Morgan fingerprint density at radius 1 is 0.429 bits per heavy atom. The van der Waals surface area contributed by atoms with Crippen molar-refractivity contribution in [3.05, 3.63) is 125 Å². The van der Waals surface area contributed by atoms with E-state index in [0.29, 0.717) is 0 Å². The summed E-state index contributed by atoms with van der Waals surface area (Å²) in [6.07, 6.45) is 2.08. The summed E-state index contributed by atoms with van der Waals surface area (Å²) in [5.41, 5.74) is 15.5. The fourth-order valence-electron chi connectivity index (χ4n) is 6.90. The van der Waals surface area contributed by atoms with E-state index in [9.17, 15) is 0 Å². The molecule has 0 amide bonds. The zero-order chi connectivity index (χ0) is 22.7. The van der Waals surface area contributed by atoms with Crippen LogP contribution in [0, 0.1) is 0 Å². The Kier molecular flexibility index (Phi) is 3.19. The van der Waals surface area contributed by atoms with Gasteiger partial charge in [0.25, 0.3) is 0 Å². The summed E-state index contributed by atoms with van der Waals surface area (Å²) in [5, 5.41) is 5.32. The highest BCUT2D eigenvalue weighted by Crippen LogP contribution is 2.48. The molecule has 0 aliphatic heterocycles. The Morgan fingerprint density at radius 3 is 2.06 bits per heavy atom. The first kappa shape index (κ1) is 18.0. The molecule has 7 aromatic rings. The summed E-state index contributed by atoms with van der Waals surface area (Å²) in [6, 6.07) is 38.6. The second-order valence-electron chi connectivity index (χ2n) is 10.1. The maximum absolute atomic E-state index is 2.49. The lowest BCUT2D eigenvalue weighted by Gasteiger charge is -2.12. The van der Waals surface area contributed by atoms with Crippen molar-refractivity contribution in [2.24, 2.45) is 0 Å². The van der Waals surface area contributed by atoms with E-state index in [0.717, 1.165) is 12.8 Å². The van der Waals surface area contributed by atoms with Crippen LogP contribution in [0.3, 0.4) is 0 Å². The molecule has 5 aromatic carbocycles. The second-order valence-corrected chi connectivity index (χ2v) is 10.1. The van der Waals surface area contributed by atoms with Gasteiger partial charge in [-0.25, -0.2) is 0 Å². The van der Waals surface area contributed by atoms with Crippen LogP contribution in [0.15, 0.2) is 103 Å². The molecule has 0 atom stereocenters. The quantitative estimate of drug-likeness (QED) is 0.207. The van der Waals surface area contributed by atoms with Crippen molar-refractivity contribution in [2.75, 3.05) is 0 Å². The SMILES string of the molecule is c1ccc2c(c1)Cc1c-2ccc2c1Cc1cc3c(cc1-2)c1ccccc1n1c2ccccc2cc31. The molecule has 2 aromatic heterocycles. The number of rotatable bonds is 0. The molecular weight excluding hydrogens is 422 g/mol. The molecule has 0 radical (unpaired) electrons. The predicted molar refractivity (Wildman–Crippen MR) is 146 cm³/mol. The van der Waals surface area contributed by atoms with Gasteiger partial charge in [-0.1, -0.05) is 72.8 Å². The molecule has 0 saturated heterocycles. The topological polar surface area (TPSA) is 4.41 Å². The number of aromatic nitrogens is 1. The van der Waals surface area contributed by atoms with Gasteiger partial charge in [0.2, 0.25) is 0 Å². The van der Waals surface area contributed by atoms with Gasteiger partial charge in [0.15, 0.2) is 0 Å². The molecule has 0 unspecified atom stereocenters. The average Bonchev–Trinajstić information content (AvgIpc) is 3.59. The van der Waals surface area contributed by atoms with Crippen LogP contribution < -0.4 is 0 Å². The average molecular weight is 444 g/mol. The van der Waals surface area contributed by atoms with Crippen molar-refractivity contribution >= 4 is 38.1 Å². The highest BCUT2D eigenvalue weighted by Gasteiger charge is 2.28. The third-order valence-corrected chi connectivity index (χ3v) is 8.43. The smallest absolute Gasteiger partial charge is 0.0547 e. The summed E-state index contributed by atoms with van der Waals surface area (Å²) in [7, 11) is 0. The van der Waals surface area contributed by atoms with Gasteiger partial charge in [-0.3, -0.25) is 0 Å². The molecule has 2 aliphatic carbocycles. The molecule has 0 saturated carbocycles. The molecule has 0 bridgehead atoms. The van der Waals surface area contributed by atoms with E-state index >= 15 is 0 Å². The second kappa shape index (κ2) is 6.20. The maximum Gasteiger partial charge on any atom is 0.0547 e. The Bertz CT molecular complexity index is 2050. The number of benzene rings is 5. The van der Waals surface area contributed by atoms with Crippen molar-refractivity contribution in [1.82, 2.24) is 4.40 Å². The summed E-state index contributed by atoms with van der Waals surface area (Å²) >= 11 is 0. The van der Waals surface area contributed by atoms with Gasteiger partial charge in [-0.2, -0.15) is 0 Å². The summed E-state index contributed by atoms with van der Waals surface area (Å²) in [4.78, 5) is 0. The fraction of sp³-hybridized carbons (Fsp3) is 0.0588. The predicted octanol–water partition coefficient (Wildman–Crippen LogP) is 8.54. The summed E-state index contributed by atoms with van der Waals surface area (Å²) < 4.78 is 2.45. The largest absolute Gasteiger partial charge is 0.309 e. The standard InChI is InChI=1S/C34H21N/c1-3-9-23-20(7-1)15-28-24(23)13-14-25-27-19-30-26-10-4-6-12-33(26)35-32-11-5-2-8-21(32)18-34(35)31(30)17-22(27)16-29(25)28/h1-14,17-19H,15-16H2. The minimum atomic E-state index is 1.02. The maximum atomic E-state index is 2.49. The molecule has 2 aliphatic rings. The first-order valence-electron chi connectivity index (χ1n) is 12.5. The van der Waals surface area contributed by atoms with Crippen LogP contribution >= 0.6 is 0 Å². The number of fused-ring (bicyclic) bond motifs is 15. The van der Waals surface area contributed by atoms with E-state index in [1.165, 1.54) is 82.6 Å². The number of pyridine rings is 1. The zero-order valence-electron chi connectivity index (χ0n) is 19.2.